The van der Waals surface area contributed by atoms with Gasteiger partial charge in [0.2, 0.25) is 5.91 Å². The molecule has 188 valence electrons. The van der Waals surface area contributed by atoms with Crippen molar-refractivity contribution in [3.63, 3.8) is 0 Å². The maximum absolute atomic E-state index is 11.7. The van der Waals surface area contributed by atoms with Gasteiger partial charge in [0.15, 0.2) is 5.13 Å². The second-order valence-corrected chi connectivity index (χ2v) is 11.0. The molecule has 4 aromatic rings. The molecule has 1 saturated carbocycles. The van der Waals surface area contributed by atoms with Gasteiger partial charge < -0.3 is 10.1 Å². The number of aryl methyl sites for hydroxylation is 1. The number of aromatic nitrogens is 4. The molecule has 0 unspecified atom stereocenters. The van der Waals surface area contributed by atoms with Crippen molar-refractivity contribution in [3.05, 3.63) is 65.6 Å². The first-order valence-corrected chi connectivity index (χ1v) is 13.7. The summed E-state index contributed by atoms with van der Waals surface area (Å²) in [6.07, 6.45) is 7.72. The number of hydrogen-bond donors (Lipinski definition) is 1. The number of rotatable bonds is 5. The predicted octanol–water partition coefficient (Wildman–Crippen LogP) is 4.44. The Bertz CT molecular complexity index is 1470. The van der Waals surface area contributed by atoms with E-state index < -0.39 is 0 Å². The van der Waals surface area contributed by atoms with Crippen LogP contribution in [0.25, 0.3) is 27.5 Å². The monoisotopic (exact) mass is 512 g/mol. The van der Waals surface area contributed by atoms with E-state index in [2.05, 4.69) is 50.2 Å². The van der Waals surface area contributed by atoms with E-state index in [1.807, 2.05) is 12.3 Å². The molecule has 1 N–H and O–H groups in total. The van der Waals surface area contributed by atoms with Gasteiger partial charge in [0.05, 0.1) is 40.9 Å². The van der Waals surface area contributed by atoms with Crippen LogP contribution >= 0.6 is 11.3 Å². The van der Waals surface area contributed by atoms with Crippen LogP contribution in [0.4, 0.5) is 5.13 Å². The Morgan fingerprint density at radius 3 is 2.62 bits per heavy atom. The van der Waals surface area contributed by atoms with Crippen molar-refractivity contribution in [2.75, 3.05) is 31.6 Å². The van der Waals surface area contributed by atoms with Crippen LogP contribution in [0, 0.1) is 0 Å². The fourth-order valence-corrected chi connectivity index (χ4v) is 6.92. The highest BCUT2D eigenvalue weighted by atomic mass is 32.1. The quantitative estimate of drug-likeness (QED) is 0.426. The molecule has 3 aromatic heterocycles. The van der Waals surface area contributed by atoms with E-state index in [9.17, 15) is 4.79 Å². The third kappa shape index (κ3) is 3.89. The topological polar surface area (TPSA) is 85.2 Å². The number of amides is 1. The molecule has 8 nitrogen and oxygen atoms in total. The largest absolute Gasteiger partial charge is 0.379 e. The molecule has 1 amide bonds. The molecule has 3 aliphatic rings. The molecule has 1 aromatic carbocycles. The van der Waals surface area contributed by atoms with E-state index in [-0.39, 0.29) is 11.4 Å². The Hall–Kier alpha value is -3.40. The zero-order valence-electron chi connectivity index (χ0n) is 20.7. The van der Waals surface area contributed by atoms with Crippen LogP contribution in [0.3, 0.4) is 0 Å². The molecule has 1 aliphatic heterocycles. The number of anilines is 1. The van der Waals surface area contributed by atoms with Gasteiger partial charge in [0.1, 0.15) is 0 Å². The van der Waals surface area contributed by atoms with Crippen LogP contribution in [0.5, 0.6) is 0 Å². The third-order valence-corrected chi connectivity index (χ3v) is 8.73. The van der Waals surface area contributed by atoms with Gasteiger partial charge in [-0.05, 0) is 55.5 Å². The number of nitrogens with zero attached hydrogens (tertiary/aromatic N) is 5. The summed E-state index contributed by atoms with van der Waals surface area (Å²) in [5.74, 6) is -0.110. The van der Waals surface area contributed by atoms with Gasteiger partial charge in [-0.3, -0.25) is 14.7 Å². The summed E-state index contributed by atoms with van der Waals surface area (Å²) in [7, 11) is 0. The molecule has 2 fully saturated rings. The summed E-state index contributed by atoms with van der Waals surface area (Å²) in [6.45, 7) is 5.13. The highest BCUT2D eigenvalue weighted by Gasteiger charge is 2.49. The van der Waals surface area contributed by atoms with Gasteiger partial charge >= 0.3 is 0 Å². The fraction of sp³-hybridized carbons (Fsp3) is 0.357. The first-order chi connectivity index (χ1) is 18.1. The maximum atomic E-state index is 11.7. The Morgan fingerprint density at radius 2 is 1.92 bits per heavy atom. The van der Waals surface area contributed by atoms with Crippen LogP contribution in [0.2, 0.25) is 0 Å². The minimum absolute atomic E-state index is 0.110. The zero-order chi connectivity index (χ0) is 25.0. The number of nitrogens with one attached hydrogen (secondary N) is 1. The Kier molecular flexibility index (Phi) is 5.46. The molecule has 0 bridgehead atoms. The maximum Gasteiger partial charge on any atom is 0.223 e. The lowest BCUT2D eigenvalue weighted by Gasteiger charge is -2.35. The third-order valence-electron chi connectivity index (χ3n) is 7.71. The molecule has 7 rings (SSSR count). The van der Waals surface area contributed by atoms with Crippen LogP contribution in [0.15, 0.2) is 48.8 Å². The number of morpholine rings is 1. The second kappa shape index (κ2) is 8.86. The SMILES string of the molecule is CC(=O)Nc1nc2c(s1)-c1c(c(-c3cccnc3)nn1-c1ccc(C3(N4CCOCC4)CC3)cc1)CC2. The van der Waals surface area contributed by atoms with Gasteiger partial charge in [-0.2, -0.15) is 5.10 Å². The predicted molar refractivity (Wildman–Crippen MR) is 143 cm³/mol. The van der Waals surface area contributed by atoms with Crippen molar-refractivity contribution in [1.29, 1.82) is 0 Å². The first-order valence-electron chi connectivity index (χ1n) is 12.9. The summed E-state index contributed by atoms with van der Waals surface area (Å²) in [5.41, 5.74) is 7.80. The lowest BCUT2D eigenvalue weighted by Crippen LogP contribution is -2.43. The van der Waals surface area contributed by atoms with Gasteiger partial charge in [0.25, 0.3) is 0 Å². The summed E-state index contributed by atoms with van der Waals surface area (Å²) >= 11 is 1.52. The number of pyridine rings is 1. The molecular formula is C28H28N6O2S. The van der Waals surface area contributed by atoms with E-state index in [4.69, 9.17) is 14.8 Å². The molecule has 2 aliphatic carbocycles. The summed E-state index contributed by atoms with van der Waals surface area (Å²) in [4.78, 5) is 24.4. The second-order valence-electron chi connectivity index (χ2n) is 9.98. The molecule has 0 spiro atoms. The lowest BCUT2D eigenvalue weighted by atomic mass is 9.95. The fourth-order valence-electron chi connectivity index (χ4n) is 5.81. The smallest absolute Gasteiger partial charge is 0.223 e. The Labute approximate surface area is 219 Å². The van der Waals surface area contributed by atoms with Crippen LogP contribution in [-0.4, -0.2) is 56.9 Å². The molecule has 37 heavy (non-hydrogen) atoms. The van der Waals surface area contributed by atoms with Gasteiger partial charge in [-0.25, -0.2) is 9.67 Å². The van der Waals surface area contributed by atoms with Crippen LogP contribution in [0.1, 0.15) is 36.6 Å². The molecular weight excluding hydrogens is 484 g/mol. The van der Waals surface area contributed by atoms with E-state index >= 15 is 0 Å². The van der Waals surface area contributed by atoms with Crippen molar-refractivity contribution in [2.24, 2.45) is 0 Å². The average Bonchev–Trinajstić information content (AvgIpc) is 3.50. The van der Waals surface area contributed by atoms with Gasteiger partial charge in [0, 0.05) is 49.1 Å². The number of ether oxygens (including phenoxy) is 1. The Balaban J connectivity index is 1.32. The van der Waals surface area contributed by atoms with E-state index in [1.165, 1.54) is 42.2 Å². The summed E-state index contributed by atoms with van der Waals surface area (Å²) in [6, 6.07) is 12.9. The average molecular weight is 513 g/mol. The number of carbonyl (C=O) groups is 1. The normalized spacial score (nSPS) is 18.2. The number of benzene rings is 1. The van der Waals surface area contributed by atoms with E-state index in [0.29, 0.717) is 5.13 Å². The van der Waals surface area contributed by atoms with Crippen molar-refractivity contribution >= 4 is 22.4 Å². The summed E-state index contributed by atoms with van der Waals surface area (Å²) in [5, 5.41) is 8.64. The zero-order valence-corrected chi connectivity index (χ0v) is 21.6. The van der Waals surface area contributed by atoms with E-state index in [0.717, 1.165) is 72.4 Å². The van der Waals surface area contributed by atoms with Crippen molar-refractivity contribution < 1.29 is 9.53 Å². The van der Waals surface area contributed by atoms with Crippen LogP contribution in [-0.2, 0) is 27.9 Å². The molecule has 9 heteroatoms. The molecule has 1 saturated heterocycles. The van der Waals surface area contributed by atoms with Crippen molar-refractivity contribution in [2.45, 2.75) is 38.1 Å². The van der Waals surface area contributed by atoms with Crippen molar-refractivity contribution in [3.8, 4) is 27.5 Å². The first kappa shape index (κ1) is 22.8. The summed E-state index contributed by atoms with van der Waals surface area (Å²) < 4.78 is 7.65. The standard InChI is InChI=1S/C28H28N6O2S/c1-18(35)30-27-31-23-9-8-22-24(19-3-2-12-29-17-19)32-34(25(22)26(23)37-27)21-6-4-20(5-7-21)28(10-11-28)33-13-15-36-16-14-33/h2-7,12,17H,8-11,13-16H2,1H3,(H,30,31,35). The lowest BCUT2D eigenvalue weighted by molar-refractivity contribution is -0.114. The van der Waals surface area contributed by atoms with Crippen molar-refractivity contribution in [1.82, 2.24) is 24.6 Å². The van der Waals surface area contributed by atoms with Gasteiger partial charge in [-0.1, -0.05) is 23.5 Å². The highest BCUT2D eigenvalue weighted by Crippen LogP contribution is 2.51. The minimum Gasteiger partial charge on any atom is -0.379 e. The number of fused-ring (bicyclic) bond motifs is 3. The number of hydrogen-bond acceptors (Lipinski definition) is 7. The highest BCUT2D eigenvalue weighted by molar-refractivity contribution is 7.19. The molecule has 4 heterocycles. The van der Waals surface area contributed by atoms with E-state index in [1.54, 1.807) is 6.20 Å². The number of carbonyl (C=O) groups excluding carboxylic acids is 1. The van der Waals surface area contributed by atoms with Gasteiger partial charge in [-0.15, -0.1) is 0 Å². The molecule has 0 atom stereocenters. The van der Waals surface area contributed by atoms with Crippen LogP contribution < -0.4 is 5.32 Å². The number of thiazole rings is 1. The Morgan fingerprint density at radius 1 is 1.11 bits per heavy atom. The minimum atomic E-state index is -0.110. The molecule has 0 radical (unpaired) electrons.